The molecule has 142 valence electrons. The second-order valence-corrected chi connectivity index (χ2v) is 7.23. The van der Waals surface area contributed by atoms with Crippen molar-refractivity contribution < 1.29 is 4.92 Å². The molecular formula is C19H21ClN4O2S. The molecule has 1 aliphatic heterocycles. The van der Waals surface area contributed by atoms with Gasteiger partial charge in [0.25, 0.3) is 5.69 Å². The quantitative estimate of drug-likeness (QED) is 0.423. The molecule has 0 bridgehead atoms. The Hall–Kier alpha value is -2.22. The van der Waals surface area contributed by atoms with E-state index in [1.165, 1.54) is 25.0 Å². The molecule has 8 heteroatoms. The van der Waals surface area contributed by atoms with Crippen LogP contribution in [0.4, 0.5) is 11.4 Å². The van der Waals surface area contributed by atoms with Crippen LogP contribution in [-0.4, -0.2) is 34.6 Å². The summed E-state index contributed by atoms with van der Waals surface area (Å²) in [6, 6.07) is 14.2. The summed E-state index contributed by atoms with van der Waals surface area (Å²) in [5.74, 6) is 0. The van der Waals surface area contributed by atoms with Crippen LogP contribution in [0.5, 0.6) is 0 Å². The molecule has 1 heterocycles. The number of nitrogens with one attached hydrogen (secondary N) is 2. The maximum Gasteiger partial charge on any atom is 0.269 e. The van der Waals surface area contributed by atoms with Gasteiger partial charge in [-0.1, -0.05) is 29.8 Å². The molecule has 0 aliphatic carbocycles. The summed E-state index contributed by atoms with van der Waals surface area (Å²) in [7, 11) is 0. The van der Waals surface area contributed by atoms with E-state index in [9.17, 15) is 10.1 Å². The smallest absolute Gasteiger partial charge is 0.269 e. The standard InChI is InChI=1S/C19H21ClN4O2S/c20-17-6-2-1-5-16(17)18(23-11-3-4-12-23)13-21-19(27)22-14-7-9-15(10-8-14)24(25)26/h1-2,5-10,18H,3-4,11-13H2,(H2,21,22,27)/t18-/m0/s1. The first kappa shape index (κ1) is 19.5. The molecule has 1 atom stereocenters. The van der Waals surface area contributed by atoms with Gasteiger partial charge in [0.05, 0.1) is 11.0 Å². The molecule has 0 saturated carbocycles. The number of nitro groups is 1. The Balaban J connectivity index is 1.63. The van der Waals surface area contributed by atoms with Crippen molar-refractivity contribution in [1.29, 1.82) is 0 Å². The van der Waals surface area contributed by atoms with Crippen LogP contribution in [-0.2, 0) is 0 Å². The number of hydrogen-bond acceptors (Lipinski definition) is 4. The maximum atomic E-state index is 10.7. The van der Waals surface area contributed by atoms with Gasteiger partial charge in [0.2, 0.25) is 0 Å². The Kier molecular flexibility index (Phi) is 6.60. The van der Waals surface area contributed by atoms with Gasteiger partial charge in [0.1, 0.15) is 0 Å². The molecule has 1 saturated heterocycles. The van der Waals surface area contributed by atoms with E-state index < -0.39 is 4.92 Å². The van der Waals surface area contributed by atoms with Gasteiger partial charge in [-0.05, 0) is 61.9 Å². The van der Waals surface area contributed by atoms with E-state index in [-0.39, 0.29) is 11.7 Å². The lowest BCUT2D eigenvalue weighted by Gasteiger charge is -2.29. The maximum absolute atomic E-state index is 10.7. The van der Waals surface area contributed by atoms with Crippen LogP contribution in [0.1, 0.15) is 24.4 Å². The van der Waals surface area contributed by atoms with Gasteiger partial charge in [-0.2, -0.15) is 0 Å². The van der Waals surface area contributed by atoms with Gasteiger partial charge in [-0.3, -0.25) is 15.0 Å². The van der Waals surface area contributed by atoms with Gasteiger partial charge in [0, 0.05) is 29.4 Å². The van der Waals surface area contributed by atoms with Crippen molar-refractivity contribution >= 4 is 40.3 Å². The van der Waals surface area contributed by atoms with Crippen LogP contribution in [0, 0.1) is 10.1 Å². The van der Waals surface area contributed by atoms with Crippen molar-refractivity contribution in [2.45, 2.75) is 18.9 Å². The minimum atomic E-state index is -0.426. The third-order valence-corrected chi connectivity index (χ3v) is 5.23. The van der Waals surface area contributed by atoms with Crippen molar-refractivity contribution in [3.8, 4) is 0 Å². The third kappa shape index (κ3) is 5.15. The Labute approximate surface area is 168 Å². The van der Waals surface area contributed by atoms with Crippen LogP contribution >= 0.6 is 23.8 Å². The van der Waals surface area contributed by atoms with E-state index in [1.807, 2.05) is 18.2 Å². The summed E-state index contributed by atoms with van der Waals surface area (Å²) in [6.07, 6.45) is 2.37. The third-order valence-electron chi connectivity index (χ3n) is 4.64. The van der Waals surface area contributed by atoms with E-state index in [2.05, 4.69) is 21.6 Å². The number of benzene rings is 2. The van der Waals surface area contributed by atoms with Gasteiger partial charge in [0.15, 0.2) is 5.11 Å². The molecule has 0 amide bonds. The predicted octanol–water partition coefficient (Wildman–Crippen LogP) is 4.37. The van der Waals surface area contributed by atoms with Crippen molar-refractivity contribution in [2.75, 3.05) is 25.0 Å². The molecule has 6 nitrogen and oxygen atoms in total. The summed E-state index contributed by atoms with van der Waals surface area (Å²) in [5, 5.41) is 18.3. The van der Waals surface area contributed by atoms with E-state index in [0.717, 1.165) is 23.7 Å². The first-order chi connectivity index (χ1) is 13.0. The molecule has 1 aliphatic rings. The fraction of sp³-hybridized carbons (Fsp3) is 0.316. The zero-order chi connectivity index (χ0) is 19.2. The zero-order valence-corrected chi connectivity index (χ0v) is 16.3. The fourth-order valence-corrected chi connectivity index (χ4v) is 3.73. The number of halogens is 1. The van der Waals surface area contributed by atoms with Crippen LogP contribution in [0.15, 0.2) is 48.5 Å². The number of likely N-dealkylation sites (tertiary alicyclic amines) is 1. The minimum absolute atomic E-state index is 0.0484. The summed E-state index contributed by atoms with van der Waals surface area (Å²) in [4.78, 5) is 12.7. The van der Waals surface area contributed by atoms with E-state index in [1.54, 1.807) is 12.1 Å². The molecule has 0 spiro atoms. The van der Waals surface area contributed by atoms with Crippen molar-refractivity contribution in [3.63, 3.8) is 0 Å². The van der Waals surface area contributed by atoms with Crippen molar-refractivity contribution in [2.24, 2.45) is 0 Å². The molecule has 3 rings (SSSR count). The normalized spacial score (nSPS) is 15.3. The number of non-ortho nitro benzene ring substituents is 1. The SMILES string of the molecule is O=[N+]([O-])c1ccc(NC(=S)NC[C@@H](c2ccccc2Cl)N2CCCC2)cc1. The second kappa shape index (κ2) is 9.12. The number of rotatable bonds is 6. The Morgan fingerprint density at radius 1 is 1.19 bits per heavy atom. The second-order valence-electron chi connectivity index (χ2n) is 6.42. The van der Waals surface area contributed by atoms with Gasteiger partial charge >= 0.3 is 0 Å². The Bertz CT molecular complexity index is 810. The van der Waals surface area contributed by atoms with Gasteiger partial charge in [-0.25, -0.2) is 0 Å². The van der Waals surface area contributed by atoms with Crippen molar-refractivity contribution in [1.82, 2.24) is 10.2 Å². The zero-order valence-electron chi connectivity index (χ0n) is 14.7. The predicted molar refractivity (Wildman–Crippen MR) is 112 cm³/mol. The lowest BCUT2D eigenvalue weighted by molar-refractivity contribution is -0.384. The van der Waals surface area contributed by atoms with Gasteiger partial charge in [-0.15, -0.1) is 0 Å². The summed E-state index contributed by atoms with van der Waals surface area (Å²) < 4.78 is 0. The lowest BCUT2D eigenvalue weighted by atomic mass is 10.1. The van der Waals surface area contributed by atoms with Crippen LogP contribution < -0.4 is 10.6 Å². The number of anilines is 1. The minimum Gasteiger partial charge on any atom is -0.361 e. The summed E-state index contributed by atoms with van der Waals surface area (Å²) in [6.45, 7) is 2.71. The highest BCUT2D eigenvalue weighted by Crippen LogP contribution is 2.29. The average molecular weight is 405 g/mol. The van der Waals surface area contributed by atoms with Crippen LogP contribution in [0.2, 0.25) is 5.02 Å². The first-order valence-corrected chi connectivity index (χ1v) is 9.61. The lowest BCUT2D eigenvalue weighted by Crippen LogP contribution is -2.38. The van der Waals surface area contributed by atoms with Gasteiger partial charge < -0.3 is 10.6 Å². The molecule has 2 aromatic rings. The molecule has 0 unspecified atom stereocenters. The Morgan fingerprint density at radius 3 is 2.48 bits per heavy atom. The van der Waals surface area contributed by atoms with Crippen LogP contribution in [0.25, 0.3) is 0 Å². The summed E-state index contributed by atoms with van der Waals surface area (Å²) >= 11 is 11.8. The molecular weight excluding hydrogens is 384 g/mol. The molecule has 0 aromatic heterocycles. The van der Waals surface area contributed by atoms with Crippen molar-refractivity contribution in [3.05, 3.63) is 69.2 Å². The average Bonchev–Trinajstić information content (AvgIpc) is 3.18. The molecule has 1 fully saturated rings. The van der Waals surface area contributed by atoms with E-state index in [0.29, 0.717) is 17.3 Å². The highest BCUT2D eigenvalue weighted by Gasteiger charge is 2.25. The van der Waals surface area contributed by atoms with Crippen LogP contribution in [0.3, 0.4) is 0 Å². The molecule has 27 heavy (non-hydrogen) atoms. The monoisotopic (exact) mass is 404 g/mol. The summed E-state index contributed by atoms with van der Waals surface area (Å²) in [5.41, 5.74) is 1.84. The van der Waals surface area contributed by atoms with E-state index >= 15 is 0 Å². The van der Waals surface area contributed by atoms with E-state index in [4.69, 9.17) is 23.8 Å². The number of hydrogen-bond donors (Lipinski definition) is 2. The number of nitrogens with zero attached hydrogens (tertiary/aromatic N) is 2. The highest BCUT2D eigenvalue weighted by molar-refractivity contribution is 7.80. The molecule has 2 N–H and O–H groups in total. The number of thiocarbonyl (C=S) groups is 1. The molecule has 0 radical (unpaired) electrons. The fourth-order valence-electron chi connectivity index (χ4n) is 3.27. The largest absolute Gasteiger partial charge is 0.361 e. The molecule has 2 aromatic carbocycles. The number of nitro benzene ring substituents is 1. The first-order valence-electron chi connectivity index (χ1n) is 8.82. The highest BCUT2D eigenvalue weighted by atomic mass is 35.5. The topological polar surface area (TPSA) is 70.4 Å². The Morgan fingerprint density at radius 2 is 1.85 bits per heavy atom.